The van der Waals surface area contributed by atoms with Crippen LogP contribution in [0.5, 0.6) is 5.75 Å². The molecule has 0 spiro atoms. The van der Waals surface area contributed by atoms with Crippen LogP contribution in [-0.2, 0) is 4.74 Å². The Labute approximate surface area is 163 Å². The molecule has 2 aromatic rings. The number of carbonyl (C=O) groups is 1. The zero-order chi connectivity index (χ0) is 19.9. The van der Waals surface area contributed by atoms with Crippen LogP contribution in [-0.4, -0.2) is 43.7 Å². The minimum atomic E-state index is -0.440. The summed E-state index contributed by atoms with van der Waals surface area (Å²) in [4.78, 5) is 25.4. The van der Waals surface area contributed by atoms with Crippen LogP contribution in [0.3, 0.4) is 0 Å². The number of amides is 1. The highest BCUT2D eigenvalue weighted by Gasteiger charge is 2.20. The summed E-state index contributed by atoms with van der Waals surface area (Å²) in [6, 6.07) is 11.3. The van der Waals surface area contributed by atoms with Crippen molar-refractivity contribution < 1.29 is 19.2 Å². The third-order valence-corrected chi connectivity index (χ3v) is 4.38. The van der Waals surface area contributed by atoms with Crippen molar-refractivity contribution in [2.75, 3.05) is 43.1 Å². The lowest BCUT2D eigenvalue weighted by atomic mass is 10.1. The fourth-order valence-corrected chi connectivity index (χ4v) is 2.92. The van der Waals surface area contributed by atoms with Crippen LogP contribution in [0.1, 0.15) is 23.7 Å². The van der Waals surface area contributed by atoms with Crippen LogP contribution in [0.4, 0.5) is 17.1 Å². The molecule has 1 N–H and O–H groups in total. The van der Waals surface area contributed by atoms with Gasteiger partial charge in [-0.05, 0) is 36.8 Å². The van der Waals surface area contributed by atoms with Gasteiger partial charge in [0.15, 0.2) is 0 Å². The standard InChI is InChI=1S/C20H23N3O5/c1-2-11-28-17-6-3-15(4-7-17)20(24)21-18-8-5-16(23(25)26)14-19(18)22-9-12-27-13-10-22/h3-8,14H,2,9-13H2,1H3,(H,21,24). The normalized spacial score (nSPS) is 13.8. The third-order valence-electron chi connectivity index (χ3n) is 4.38. The Balaban J connectivity index is 1.80. The maximum atomic E-state index is 12.7. The van der Waals surface area contributed by atoms with Gasteiger partial charge < -0.3 is 19.7 Å². The van der Waals surface area contributed by atoms with Crippen molar-refractivity contribution >= 4 is 23.0 Å². The summed E-state index contributed by atoms with van der Waals surface area (Å²) in [6.07, 6.45) is 0.909. The van der Waals surface area contributed by atoms with E-state index in [2.05, 4.69) is 5.32 Å². The molecule has 0 aliphatic carbocycles. The van der Waals surface area contributed by atoms with Gasteiger partial charge in [-0.3, -0.25) is 14.9 Å². The molecule has 0 saturated carbocycles. The number of hydrogen-bond acceptors (Lipinski definition) is 6. The number of anilines is 2. The van der Waals surface area contributed by atoms with Gasteiger partial charge in [-0.2, -0.15) is 0 Å². The second kappa shape index (κ2) is 9.18. The SMILES string of the molecule is CCCOc1ccc(C(=O)Nc2ccc([N+](=O)[O-])cc2N2CCOCC2)cc1. The predicted octanol–water partition coefficient (Wildman–Crippen LogP) is 3.47. The van der Waals surface area contributed by atoms with E-state index >= 15 is 0 Å². The maximum Gasteiger partial charge on any atom is 0.271 e. The predicted molar refractivity (Wildman–Crippen MR) is 106 cm³/mol. The van der Waals surface area contributed by atoms with Crippen molar-refractivity contribution in [2.24, 2.45) is 0 Å². The highest BCUT2D eigenvalue weighted by atomic mass is 16.6. The topological polar surface area (TPSA) is 93.9 Å². The lowest BCUT2D eigenvalue weighted by Crippen LogP contribution is -2.36. The van der Waals surface area contributed by atoms with Crippen LogP contribution in [0.25, 0.3) is 0 Å². The van der Waals surface area contributed by atoms with E-state index in [1.165, 1.54) is 12.1 Å². The summed E-state index contributed by atoms with van der Waals surface area (Å²) in [7, 11) is 0. The monoisotopic (exact) mass is 385 g/mol. The van der Waals surface area contributed by atoms with E-state index in [0.717, 1.165) is 6.42 Å². The second-order valence-corrected chi connectivity index (χ2v) is 6.38. The van der Waals surface area contributed by atoms with Crippen LogP contribution < -0.4 is 15.0 Å². The molecule has 1 heterocycles. The molecule has 1 aliphatic heterocycles. The van der Waals surface area contributed by atoms with Crippen molar-refractivity contribution in [3.8, 4) is 5.75 Å². The smallest absolute Gasteiger partial charge is 0.271 e. The van der Waals surface area contributed by atoms with Crippen LogP contribution in [0.15, 0.2) is 42.5 Å². The Hall–Kier alpha value is -3.13. The molecule has 1 amide bonds. The van der Waals surface area contributed by atoms with Gasteiger partial charge in [0, 0.05) is 30.8 Å². The Morgan fingerprint density at radius 1 is 1.21 bits per heavy atom. The largest absolute Gasteiger partial charge is 0.494 e. The lowest BCUT2D eigenvalue weighted by molar-refractivity contribution is -0.384. The lowest BCUT2D eigenvalue weighted by Gasteiger charge is -2.30. The number of nitrogens with zero attached hydrogens (tertiary/aromatic N) is 2. The molecule has 1 fully saturated rings. The molecule has 2 aromatic carbocycles. The summed E-state index contributed by atoms with van der Waals surface area (Å²) in [5, 5.41) is 14.0. The van der Waals surface area contributed by atoms with Gasteiger partial charge in [0.25, 0.3) is 11.6 Å². The number of nitrogens with one attached hydrogen (secondary N) is 1. The van der Waals surface area contributed by atoms with Gasteiger partial charge in [0.1, 0.15) is 5.75 Å². The van der Waals surface area contributed by atoms with E-state index in [1.807, 2.05) is 11.8 Å². The number of morpholine rings is 1. The summed E-state index contributed by atoms with van der Waals surface area (Å²) < 4.78 is 10.9. The molecule has 3 rings (SSSR count). The molecule has 0 radical (unpaired) electrons. The molecule has 8 nitrogen and oxygen atoms in total. The van der Waals surface area contributed by atoms with Crippen LogP contribution in [0, 0.1) is 10.1 Å². The zero-order valence-corrected chi connectivity index (χ0v) is 15.7. The van der Waals surface area contributed by atoms with Gasteiger partial charge in [0.05, 0.1) is 36.1 Å². The molecule has 0 aromatic heterocycles. The molecule has 8 heteroatoms. The van der Waals surface area contributed by atoms with Crippen molar-refractivity contribution in [1.82, 2.24) is 0 Å². The van der Waals surface area contributed by atoms with Crippen molar-refractivity contribution in [3.63, 3.8) is 0 Å². The van der Waals surface area contributed by atoms with Crippen molar-refractivity contribution in [3.05, 3.63) is 58.1 Å². The first-order valence-corrected chi connectivity index (χ1v) is 9.24. The molecule has 1 aliphatic rings. The van der Waals surface area contributed by atoms with E-state index in [0.29, 0.717) is 55.6 Å². The van der Waals surface area contributed by atoms with E-state index in [-0.39, 0.29) is 11.6 Å². The molecule has 0 atom stereocenters. The number of nitro benzene ring substituents is 1. The van der Waals surface area contributed by atoms with E-state index in [1.54, 1.807) is 30.3 Å². The highest BCUT2D eigenvalue weighted by molar-refractivity contribution is 6.06. The quantitative estimate of drug-likeness (QED) is 0.579. The first kappa shape index (κ1) is 19.6. The summed E-state index contributed by atoms with van der Waals surface area (Å²) >= 11 is 0. The molecule has 0 bridgehead atoms. The Morgan fingerprint density at radius 2 is 1.93 bits per heavy atom. The summed E-state index contributed by atoms with van der Waals surface area (Å²) in [5.41, 5.74) is 1.62. The van der Waals surface area contributed by atoms with Crippen LogP contribution in [0.2, 0.25) is 0 Å². The van der Waals surface area contributed by atoms with E-state index in [9.17, 15) is 14.9 Å². The first-order valence-electron chi connectivity index (χ1n) is 9.24. The number of rotatable bonds is 7. The molecular formula is C20H23N3O5. The number of nitro groups is 1. The minimum absolute atomic E-state index is 0.0167. The zero-order valence-electron chi connectivity index (χ0n) is 15.7. The van der Waals surface area contributed by atoms with Gasteiger partial charge in [0.2, 0.25) is 0 Å². The van der Waals surface area contributed by atoms with Gasteiger partial charge >= 0.3 is 0 Å². The summed E-state index contributed by atoms with van der Waals surface area (Å²) in [5.74, 6) is 0.424. The van der Waals surface area contributed by atoms with E-state index in [4.69, 9.17) is 9.47 Å². The second-order valence-electron chi connectivity index (χ2n) is 6.38. The third kappa shape index (κ3) is 4.77. The number of benzene rings is 2. The molecule has 148 valence electrons. The Morgan fingerprint density at radius 3 is 2.57 bits per heavy atom. The fraction of sp³-hybridized carbons (Fsp3) is 0.350. The number of hydrogen-bond donors (Lipinski definition) is 1. The van der Waals surface area contributed by atoms with Crippen molar-refractivity contribution in [2.45, 2.75) is 13.3 Å². The average Bonchev–Trinajstić information content (AvgIpc) is 2.73. The van der Waals surface area contributed by atoms with E-state index < -0.39 is 4.92 Å². The van der Waals surface area contributed by atoms with Crippen molar-refractivity contribution in [1.29, 1.82) is 0 Å². The van der Waals surface area contributed by atoms with Gasteiger partial charge in [-0.25, -0.2) is 0 Å². The molecule has 28 heavy (non-hydrogen) atoms. The van der Waals surface area contributed by atoms with Gasteiger partial charge in [-0.15, -0.1) is 0 Å². The Bertz CT molecular complexity index is 832. The maximum absolute atomic E-state index is 12.7. The molecule has 1 saturated heterocycles. The minimum Gasteiger partial charge on any atom is -0.494 e. The molecule has 0 unspecified atom stereocenters. The summed E-state index contributed by atoms with van der Waals surface area (Å²) in [6.45, 7) is 4.93. The van der Waals surface area contributed by atoms with Crippen LogP contribution >= 0.6 is 0 Å². The average molecular weight is 385 g/mol. The number of non-ortho nitro benzene ring substituents is 1. The first-order chi connectivity index (χ1) is 13.6. The fourth-order valence-electron chi connectivity index (χ4n) is 2.92. The highest BCUT2D eigenvalue weighted by Crippen LogP contribution is 2.31. The van der Waals surface area contributed by atoms with Gasteiger partial charge in [-0.1, -0.05) is 6.92 Å². The molecular weight excluding hydrogens is 362 g/mol. The number of carbonyl (C=O) groups excluding carboxylic acids is 1. The Kier molecular flexibility index (Phi) is 6.44. The number of ether oxygens (including phenoxy) is 2.